The van der Waals surface area contributed by atoms with Crippen LogP contribution in [0.25, 0.3) is 0 Å². The fourth-order valence-corrected chi connectivity index (χ4v) is 2.36. The maximum absolute atomic E-state index is 11.7. The Bertz CT molecular complexity index is 257. The molecular weight excluding hydrogens is 214 g/mol. The van der Waals surface area contributed by atoms with Gasteiger partial charge in [-0.1, -0.05) is 34.1 Å². The molecule has 0 heterocycles. The molecule has 1 amide bonds. The van der Waals surface area contributed by atoms with E-state index in [1.54, 1.807) is 0 Å². The van der Waals surface area contributed by atoms with Gasteiger partial charge in [-0.25, -0.2) is 0 Å². The minimum Gasteiger partial charge on any atom is -0.392 e. The highest BCUT2D eigenvalue weighted by atomic mass is 16.3. The number of hydrogen-bond donors (Lipinski definition) is 2. The summed E-state index contributed by atoms with van der Waals surface area (Å²) in [7, 11) is 0. The van der Waals surface area contributed by atoms with Gasteiger partial charge in [0.15, 0.2) is 0 Å². The molecule has 1 fully saturated rings. The summed E-state index contributed by atoms with van der Waals surface area (Å²) in [6.07, 6.45) is 3.95. The molecule has 1 rings (SSSR count). The van der Waals surface area contributed by atoms with E-state index in [1.807, 2.05) is 27.7 Å². The van der Waals surface area contributed by atoms with Crippen LogP contribution in [-0.2, 0) is 4.79 Å². The molecule has 0 aromatic carbocycles. The molecule has 100 valence electrons. The smallest absolute Gasteiger partial charge is 0.220 e. The minimum absolute atomic E-state index is 0.138. The number of hydrogen-bond acceptors (Lipinski definition) is 2. The fraction of sp³-hybridized carbons (Fsp3) is 0.929. The van der Waals surface area contributed by atoms with Gasteiger partial charge in [-0.2, -0.15) is 0 Å². The highest BCUT2D eigenvalue weighted by molar-refractivity contribution is 5.76. The molecule has 1 saturated carbocycles. The lowest BCUT2D eigenvalue weighted by molar-refractivity contribution is -0.123. The number of rotatable bonds is 6. The number of nitrogens with one attached hydrogen (secondary N) is 1. The van der Waals surface area contributed by atoms with Gasteiger partial charge in [0.1, 0.15) is 0 Å². The van der Waals surface area contributed by atoms with Crippen LogP contribution in [0.3, 0.4) is 0 Å². The molecule has 0 aromatic rings. The van der Waals surface area contributed by atoms with Crippen LogP contribution in [-0.4, -0.2) is 23.7 Å². The van der Waals surface area contributed by atoms with Crippen LogP contribution in [0, 0.1) is 17.3 Å². The highest BCUT2D eigenvalue weighted by Gasteiger charge is 2.31. The van der Waals surface area contributed by atoms with Gasteiger partial charge >= 0.3 is 0 Å². The van der Waals surface area contributed by atoms with E-state index in [4.69, 9.17) is 0 Å². The number of carbonyl (C=O) groups is 1. The van der Waals surface area contributed by atoms with Crippen molar-refractivity contribution in [3.63, 3.8) is 0 Å². The molecule has 0 aliphatic heterocycles. The normalized spacial score (nSPS) is 18.9. The summed E-state index contributed by atoms with van der Waals surface area (Å²) in [5.74, 6) is 0.959. The zero-order chi connectivity index (χ0) is 13.1. The monoisotopic (exact) mass is 241 g/mol. The molecular formula is C14H27NO2. The van der Waals surface area contributed by atoms with E-state index < -0.39 is 0 Å². The van der Waals surface area contributed by atoms with Crippen LogP contribution in [0.15, 0.2) is 0 Å². The third kappa shape index (κ3) is 4.30. The Morgan fingerprint density at radius 3 is 2.41 bits per heavy atom. The Hall–Kier alpha value is -0.570. The Morgan fingerprint density at radius 1 is 1.41 bits per heavy atom. The van der Waals surface area contributed by atoms with Crippen molar-refractivity contribution in [2.75, 3.05) is 6.54 Å². The molecule has 1 aliphatic carbocycles. The Balaban J connectivity index is 2.29. The molecule has 1 atom stereocenters. The van der Waals surface area contributed by atoms with Crippen molar-refractivity contribution >= 4 is 5.91 Å². The van der Waals surface area contributed by atoms with E-state index >= 15 is 0 Å². The molecule has 1 aliphatic rings. The average molecular weight is 241 g/mol. The number of carbonyl (C=O) groups excluding carboxylic acids is 1. The summed E-state index contributed by atoms with van der Waals surface area (Å²) in [6, 6.07) is 0. The Kier molecular flexibility index (Phi) is 4.99. The quantitative estimate of drug-likeness (QED) is 0.750. The van der Waals surface area contributed by atoms with Crippen molar-refractivity contribution in [3.05, 3.63) is 0 Å². The third-order valence-electron chi connectivity index (χ3n) is 3.87. The van der Waals surface area contributed by atoms with Crippen molar-refractivity contribution in [2.45, 2.75) is 59.5 Å². The van der Waals surface area contributed by atoms with Crippen LogP contribution < -0.4 is 5.32 Å². The molecule has 2 N–H and O–H groups in total. The SMILES string of the molecule is CC(C)C(O)C(C)(C)CNC(=O)CC1CCC1. The van der Waals surface area contributed by atoms with Crippen LogP contribution >= 0.6 is 0 Å². The maximum atomic E-state index is 11.7. The van der Waals surface area contributed by atoms with Gasteiger partial charge in [-0.3, -0.25) is 4.79 Å². The zero-order valence-electron chi connectivity index (χ0n) is 11.6. The van der Waals surface area contributed by atoms with Crippen LogP contribution in [0.4, 0.5) is 0 Å². The number of amides is 1. The molecule has 17 heavy (non-hydrogen) atoms. The summed E-state index contributed by atoms with van der Waals surface area (Å²) >= 11 is 0. The summed E-state index contributed by atoms with van der Waals surface area (Å²) in [5, 5.41) is 13.0. The fourth-order valence-electron chi connectivity index (χ4n) is 2.36. The first-order valence-electron chi connectivity index (χ1n) is 6.77. The summed E-state index contributed by atoms with van der Waals surface area (Å²) < 4.78 is 0. The number of aliphatic hydroxyl groups excluding tert-OH is 1. The van der Waals surface area contributed by atoms with Crippen LogP contribution in [0.2, 0.25) is 0 Å². The zero-order valence-corrected chi connectivity index (χ0v) is 11.6. The molecule has 0 spiro atoms. The second-order valence-electron chi connectivity index (χ2n) is 6.46. The molecule has 3 heteroatoms. The summed E-state index contributed by atoms with van der Waals surface area (Å²) in [4.78, 5) is 11.7. The second-order valence-corrected chi connectivity index (χ2v) is 6.46. The third-order valence-corrected chi connectivity index (χ3v) is 3.87. The first-order valence-corrected chi connectivity index (χ1v) is 6.77. The summed E-state index contributed by atoms with van der Waals surface area (Å²) in [5.41, 5.74) is -0.260. The van der Waals surface area contributed by atoms with Crippen molar-refractivity contribution in [1.82, 2.24) is 5.32 Å². The molecule has 3 nitrogen and oxygen atoms in total. The lowest BCUT2D eigenvalue weighted by Crippen LogP contribution is -2.44. The highest BCUT2D eigenvalue weighted by Crippen LogP contribution is 2.29. The molecule has 0 radical (unpaired) electrons. The predicted molar refractivity (Wildman–Crippen MR) is 69.6 cm³/mol. The van der Waals surface area contributed by atoms with E-state index in [1.165, 1.54) is 19.3 Å². The Labute approximate surface area is 105 Å². The minimum atomic E-state index is -0.383. The largest absolute Gasteiger partial charge is 0.392 e. The van der Waals surface area contributed by atoms with Gasteiger partial charge in [0.25, 0.3) is 0 Å². The van der Waals surface area contributed by atoms with Crippen molar-refractivity contribution in [1.29, 1.82) is 0 Å². The van der Waals surface area contributed by atoms with E-state index in [0.717, 1.165) is 0 Å². The molecule has 0 aromatic heterocycles. The maximum Gasteiger partial charge on any atom is 0.220 e. The van der Waals surface area contributed by atoms with Gasteiger partial charge in [0.05, 0.1) is 6.10 Å². The van der Waals surface area contributed by atoms with E-state index in [2.05, 4.69) is 5.32 Å². The first-order chi connectivity index (χ1) is 7.83. The van der Waals surface area contributed by atoms with E-state index in [-0.39, 0.29) is 23.3 Å². The van der Waals surface area contributed by atoms with Gasteiger partial charge in [0.2, 0.25) is 5.91 Å². The second kappa shape index (κ2) is 5.85. The van der Waals surface area contributed by atoms with Crippen molar-refractivity contribution in [2.24, 2.45) is 17.3 Å². The molecule has 1 unspecified atom stereocenters. The van der Waals surface area contributed by atoms with E-state index in [0.29, 0.717) is 18.9 Å². The number of aliphatic hydroxyl groups is 1. The van der Waals surface area contributed by atoms with Crippen LogP contribution in [0.1, 0.15) is 53.4 Å². The van der Waals surface area contributed by atoms with E-state index in [9.17, 15) is 9.90 Å². The van der Waals surface area contributed by atoms with Crippen molar-refractivity contribution in [3.8, 4) is 0 Å². The lowest BCUT2D eigenvalue weighted by atomic mass is 9.80. The van der Waals surface area contributed by atoms with Crippen molar-refractivity contribution < 1.29 is 9.90 Å². The van der Waals surface area contributed by atoms with Crippen LogP contribution in [0.5, 0.6) is 0 Å². The van der Waals surface area contributed by atoms with Gasteiger partial charge in [0, 0.05) is 18.4 Å². The average Bonchev–Trinajstić information content (AvgIpc) is 2.19. The van der Waals surface area contributed by atoms with Gasteiger partial charge in [-0.05, 0) is 24.7 Å². The molecule has 0 bridgehead atoms. The molecule has 0 saturated heterocycles. The standard InChI is InChI=1S/C14H27NO2/c1-10(2)13(17)14(3,4)9-15-12(16)8-11-6-5-7-11/h10-11,13,17H,5-9H2,1-4H3,(H,15,16). The summed E-state index contributed by atoms with van der Waals surface area (Å²) in [6.45, 7) is 8.56. The predicted octanol–water partition coefficient (Wildman–Crippen LogP) is 2.34. The van der Waals surface area contributed by atoms with Gasteiger partial charge < -0.3 is 10.4 Å². The lowest BCUT2D eigenvalue weighted by Gasteiger charge is -2.33. The first kappa shape index (κ1) is 14.5. The Morgan fingerprint density at radius 2 is 2.00 bits per heavy atom. The topological polar surface area (TPSA) is 49.3 Å². The van der Waals surface area contributed by atoms with Gasteiger partial charge in [-0.15, -0.1) is 0 Å².